The van der Waals surface area contributed by atoms with Crippen LogP contribution in [0.2, 0.25) is 0 Å². The summed E-state index contributed by atoms with van der Waals surface area (Å²) in [6, 6.07) is 1.76. The minimum absolute atomic E-state index is 0.434. The number of allylic oxidation sites excluding steroid dienone is 1. The van der Waals surface area contributed by atoms with Gasteiger partial charge in [0.25, 0.3) is 0 Å². The van der Waals surface area contributed by atoms with Crippen molar-refractivity contribution in [3.8, 4) is 0 Å². The zero-order valence-electron chi connectivity index (χ0n) is 7.43. The number of aromatic nitrogens is 1. The van der Waals surface area contributed by atoms with E-state index in [-0.39, 0.29) is 0 Å². The van der Waals surface area contributed by atoms with Gasteiger partial charge in [0.05, 0.1) is 0 Å². The summed E-state index contributed by atoms with van der Waals surface area (Å²) in [4.78, 5) is 3.61. The molecule has 0 unspecified atom stereocenters. The molecule has 0 spiro atoms. The number of pyridine rings is 1. The van der Waals surface area contributed by atoms with Crippen LogP contribution in [-0.2, 0) is 0 Å². The second-order valence-corrected chi connectivity index (χ2v) is 3.15. The molecule has 0 bridgehead atoms. The van der Waals surface area contributed by atoms with Gasteiger partial charge in [-0.05, 0) is 25.0 Å². The van der Waals surface area contributed by atoms with Crippen LogP contribution in [0.1, 0.15) is 17.5 Å². The third-order valence-electron chi connectivity index (χ3n) is 1.58. The highest BCUT2D eigenvalue weighted by Gasteiger charge is 1.98. The highest BCUT2D eigenvalue weighted by molar-refractivity contribution is 6.17. The highest BCUT2D eigenvalue weighted by atomic mass is 35.5. The van der Waals surface area contributed by atoms with Gasteiger partial charge in [0.2, 0.25) is 5.95 Å². The van der Waals surface area contributed by atoms with Gasteiger partial charge in [0.1, 0.15) is 0 Å². The summed E-state index contributed by atoms with van der Waals surface area (Å²) >= 11 is 5.48. The lowest BCUT2D eigenvalue weighted by Gasteiger charge is -1.96. The van der Waals surface area contributed by atoms with Crippen LogP contribution in [0, 0.1) is 12.9 Å². The van der Waals surface area contributed by atoms with Gasteiger partial charge in [-0.3, -0.25) is 0 Å². The predicted molar refractivity (Wildman–Crippen MR) is 53.3 cm³/mol. The fourth-order valence-corrected chi connectivity index (χ4v) is 1.09. The van der Waals surface area contributed by atoms with Crippen LogP contribution in [0.15, 0.2) is 18.3 Å². The second-order valence-electron chi connectivity index (χ2n) is 2.77. The molecule has 3 heteroatoms. The fraction of sp³-hybridized carbons (Fsp3) is 0.300. The summed E-state index contributed by atoms with van der Waals surface area (Å²) in [5.41, 5.74) is 1.47. The lowest BCUT2D eigenvalue weighted by molar-refractivity contribution is 0.580. The molecular weight excluding hydrogens is 189 g/mol. The number of nitrogens with zero attached hydrogens (tertiary/aromatic N) is 1. The van der Waals surface area contributed by atoms with Crippen molar-refractivity contribution in [2.24, 2.45) is 0 Å². The van der Waals surface area contributed by atoms with Gasteiger partial charge < -0.3 is 0 Å². The fourth-order valence-electron chi connectivity index (χ4n) is 0.965. The van der Waals surface area contributed by atoms with Crippen molar-refractivity contribution in [3.05, 3.63) is 35.4 Å². The number of aryl methyl sites for hydroxylation is 1. The smallest absolute Gasteiger partial charge is 0.220 e. The highest BCUT2D eigenvalue weighted by Crippen LogP contribution is 2.09. The molecule has 0 saturated carbocycles. The Morgan fingerprint density at radius 3 is 3.08 bits per heavy atom. The van der Waals surface area contributed by atoms with Crippen LogP contribution < -0.4 is 0 Å². The number of rotatable bonds is 3. The zero-order chi connectivity index (χ0) is 9.68. The summed E-state index contributed by atoms with van der Waals surface area (Å²) in [5.74, 6) is 0.119. The molecule has 0 amide bonds. The molecule has 1 rings (SSSR count). The van der Waals surface area contributed by atoms with E-state index in [0.717, 1.165) is 12.0 Å². The topological polar surface area (TPSA) is 12.9 Å². The van der Waals surface area contributed by atoms with Gasteiger partial charge in [-0.2, -0.15) is 4.39 Å². The minimum atomic E-state index is -0.434. The van der Waals surface area contributed by atoms with Crippen molar-refractivity contribution in [1.29, 1.82) is 0 Å². The molecule has 0 radical (unpaired) electrons. The number of alkyl halides is 1. The Labute approximate surface area is 82.3 Å². The van der Waals surface area contributed by atoms with Crippen LogP contribution >= 0.6 is 11.6 Å². The second kappa shape index (κ2) is 4.97. The Balaban J connectivity index is 2.81. The molecule has 1 heterocycles. The largest absolute Gasteiger partial charge is 0.228 e. The maximum Gasteiger partial charge on any atom is 0.220 e. The van der Waals surface area contributed by atoms with E-state index in [9.17, 15) is 4.39 Å². The molecule has 0 saturated heterocycles. The average Bonchev–Trinajstić information content (AvgIpc) is 2.11. The van der Waals surface area contributed by atoms with Gasteiger partial charge in [-0.15, -0.1) is 11.6 Å². The van der Waals surface area contributed by atoms with Crippen molar-refractivity contribution < 1.29 is 4.39 Å². The van der Waals surface area contributed by atoms with Crippen LogP contribution in [0.5, 0.6) is 0 Å². The van der Waals surface area contributed by atoms with Gasteiger partial charge in [0.15, 0.2) is 0 Å². The standard InChI is InChI=1S/C10H11ClFN/c1-8-6-9(4-2-3-5-11)10(12)13-7-8/h2,4,6-7H,3,5H2,1H3. The normalized spacial score (nSPS) is 11.0. The van der Waals surface area contributed by atoms with Gasteiger partial charge in [-0.25, -0.2) is 4.98 Å². The molecule has 0 fully saturated rings. The molecule has 0 N–H and O–H groups in total. The SMILES string of the molecule is Cc1cnc(F)c(C=CCCCl)c1. The quantitative estimate of drug-likeness (QED) is 0.538. The van der Waals surface area contributed by atoms with E-state index in [4.69, 9.17) is 11.6 Å². The maximum absolute atomic E-state index is 13.0. The first-order valence-corrected chi connectivity index (χ1v) is 4.62. The monoisotopic (exact) mass is 199 g/mol. The van der Waals surface area contributed by atoms with E-state index >= 15 is 0 Å². The lowest BCUT2D eigenvalue weighted by Crippen LogP contribution is -1.88. The Bertz CT molecular complexity index is 310. The first kappa shape index (κ1) is 10.2. The molecule has 13 heavy (non-hydrogen) atoms. The van der Waals surface area contributed by atoms with Gasteiger partial charge in [0, 0.05) is 17.6 Å². The Morgan fingerprint density at radius 2 is 2.38 bits per heavy atom. The minimum Gasteiger partial charge on any atom is -0.228 e. The first-order chi connectivity index (χ1) is 6.24. The van der Waals surface area contributed by atoms with Crippen molar-refractivity contribution in [3.63, 3.8) is 0 Å². The molecule has 1 aromatic heterocycles. The average molecular weight is 200 g/mol. The van der Waals surface area contributed by atoms with Gasteiger partial charge >= 0.3 is 0 Å². The first-order valence-electron chi connectivity index (χ1n) is 4.08. The van der Waals surface area contributed by atoms with E-state index in [2.05, 4.69) is 4.98 Å². The van der Waals surface area contributed by atoms with E-state index in [1.165, 1.54) is 6.20 Å². The van der Waals surface area contributed by atoms with Crippen LogP contribution in [0.25, 0.3) is 6.08 Å². The molecule has 1 aromatic rings. The Hall–Kier alpha value is -0.890. The van der Waals surface area contributed by atoms with Crippen LogP contribution in [-0.4, -0.2) is 10.9 Å². The molecular formula is C10H11ClFN. The van der Waals surface area contributed by atoms with Crippen molar-refractivity contribution in [2.45, 2.75) is 13.3 Å². The third kappa shape index (κ3) is 3.15. The van der Waals surface area contributed by atoms with Crippen molar-refractivity contribution in [1.82, 2.24) is 4.98 Å². The van der Waals surface area contributed by atoms with E-state index in [1.807, 2.05) is 13.0 Å². The Kier molecular flexibility index (Phi) is 3.90. The summed E-state index contributed by atoms with van der Waals surface area (Å²) < 4.78 is 13.0. The van der Waals surface area contributed by atoms with E-state index in [0.29, 0.717) is 11.4 Å². The van der Waals surface area contributed by atoms with E-state index < -0.39 is 5.95 Å². The van der Waals surface area contributed by atoms with Crippen LogP contribution in [0.3, 0.4) is 0 Å². The van der Waals surface area contributed by atoms with Crippen LogP contribution in [0.4, 0.5) is 4.39 Å². The molecule has 70 valence electrons. The zero-order valence-corrected chi connectivity index (χ0v) is 8.18. The summed E-state index contributed by atoms with van der Waals surface area (Å²) in [6.45, 7) is 1.88. The summed E-state index contributed by atoms with van der Waals surface area (Å²) in [5, 5.41) is 0. The number of hydrogen-bond acceptors (Lipinski definition) is 1. The molecule has 1 nitrogen and oxygen atoms in total. The molecule has 0 aromatic carbocycles. The maximum atomic E-state index is 13.0. The number of hydrogen-bond donors (Lipinski definition) is 0. The van der Waals surface area contributed by atoms with E-state index in [1.54, 1.807) is 12.1 Å². The van der Waals surface area contributed by atoms with Crippen molar-refractivity contribution in [2.75, 3.05) is 5.88 Å². The Morgan fingerprint density at radius 1 is 1.62 bits per heavy atom. The summed E-state index contributed by atoms with van der Waals surface area (Å²) in [7, 11) is 0. The molecule has 0 aliphatic carbocycles. The molecule has 0 atom stereocenters. The lowest BCUT2D eigenvalue weighted by atomic mass is 10.2. The molecule has 0 aliphatic rings. The predicted octanol–water partition coefficient (Wildman–Crippen LogP) is 3.17. The molecule has 0 aliphatic heterocycles. The summed E-state index contributed by atoms with van der Waals surface area (Å²) in [6.07, 6.45) is 5.80. The van der Waals surface area contributed by atoms with Crippen molar-refractivity contribution >= 4 is 17.7 Å². The number of halogens is 2. The third-order valence-corrected chi connectivity index (χ3v) is 1.79. The van der Waals surface area contributed by atoms with Gasteiger partial charge in [-0.1, -0.05) is 12.2 Å².